The summed E-state index contributed by atoms with van der Waals surface area (Å²) in [5, 5.41) is 2.71. The summed E-state index contributed by atoms with van der Waals surface area (Å²) in [5.74, 6) is 0.258. The molecule has 1 aliphatic carbocycles. The van der Waals surface area contributed by atoms with E-state index in [1.165, 1.54) is 53.6 Å². The molecule has 0 spiro atoms. The van der Waals surface area contributed by atoms with Crippen molar-refractivity contribution in [3.8, 4) is 22.4 Å². The van der Waals surface area contributed by atoms with Gasteiger partial charge in [-0.3, -0.25) is 4.98 Å². The van der Waals surface area contributed by atoms with Crippen LogP contribution in [0.5, 0.6) is 0 Å². The highest BCUT2D eigenvalue weighted by Gasteiger charge is 2.30. The van der Waals surface area contributed by atoms with Crippen LogP contribution in [0.2, 0.25) is 0 Å². The molecule has 1 aliphatic rings. The summed E-state index contributed by atoms with van der Waals surface area (Å²) in [4.78, 5) is 4.56. The third-order valence-electron chi connectivity index (χ3n) is 6.62. The smallest absolute Gasteiger partial charge is 0.0702 e. The van der Waals surface area contributed by atoms with Gasteiger partial charge in [0.25, 0.3) is 0 Å². The normalized spacial score (nSPS) is 14.6. The van der Waals surface area contributed by atoms with Crippen LogP contribution in [0.4, 0.5) is 0 Å². The topological polar surface area (TPSA) is 12.9 Å². The van der Waals surface area contributed by atoms with E-state index in [2.05, 4.69) is 96.0 Å². The zero-order valence-electron chi connectivity index (χ0n) is 17.3. The van der Waals surface area contributed by atoms with E-state index in [-0.39, 0.29) is 5.92 Å². The second kappa shape index (κ2) is 6.88. The van der Waals surface area contributed by atoms with E-state index in [1.54, 1.807) is 0 Å². The number of hydrogen-bond acceptors (Lipinski definition) is 2. The van der Waals surface area contributed by atoms with Gasteiger partial charge in [0.2, 0.25) is 0 Å². The standard InChI is InChI=1S/C30H19NS/c1-2-9-24-21(7-1)26-17-19(27-10-5-6-16-31-27)12-15-25(26)30(24)20-13-14-23-22-8-3-4-11-28(22)32-29(23)18-20/h1-18,30H. The molecule has 2 heterocycles. The maximum Gasteiger partial charge on any atom is 0.0702 e. The molecule has 0 fully saturated rings. The van der Waals surface area contributed by atoms with Crippen LogP contribution in [-0.2, 0) is 0 Å². The van der Waals surface area contributed by atoms with E-state index in [0.717, 1.165) is 5.69 Å². The first-order valence-electron chi connectivity index (χ1n) is 10.9. The number of rotatable bonds is 2. The van der Waals surface area contributed by atoms with Crippen LogP contribution in [0.15, 0.2) is 109 Å². The molecule has 0 saturated carbocycles. The second-order valence-electron chi connectivity index (χ2n) is 8.39. The maximum atomic E-state index is 4.56. The van der Waals surface area contributed by atoms with Crippen LogP contribution in [0.1, 0.15) is 22.6 Å². The largest absolute Gasteiger partial charge is 0.256 e. The Balaban J connectivity index is 1.43. The van der Waals surface area contributed by atoms with Crippen molar-refractivity contribution in [2.45, 2.75) is 5.92 Å². The summed E-state index contributed by atoms with van der Waals surface area (Å²) >= 11 is 1.89. The summed E-state index contributed by atoms with van der Waals surface area (Å²) in [6.07, 6.45) is 1.86. The third-order valence-corrected chi connectivity index (χ3v) is 7.76. The van der Waals surface area contributed by atoms with Crippen LogP contribution >= 0.6 is 11.3 Å². The Labute approximate surface area is 190 Å². The first kappa shape index (κ1) is 17.9. The zero-order chi connectivity index (χ0) is 21.1. The lowest BCUT2D eigenvalue weighted by atomic mass is 9.88. The number of benzene rings is 4. The Hall–Kier alpha value is -3.75. The van der Waals surface area contributed by atoms with Gasteiger partial charge in [-0.15, -0.1) is 11.3 Å². The lowest BCUT2D eigenvalue weighted by Gasteiger charge is -2.15. The van der Waals surface area contributed by atoms with Crippen LogP contribution < -0.4 is 0 Å². The van der Waals surface area contributed by atoms with Crippen molar-refractivity contribution >= 4 is 31.5 Å². The van der Waals surface area contributed by atoms with Crippen molar-refractivity contribution in [2.24, 2.45) is 0 Å². The summed E-state index contributed by atoms with van der Waals surface area (Å²) in [6.45, 7) is 0. The minimum Gasteiger partial charge on any atom is -0.256 e. The summed E-state index contributed by atoms with van der Waals surface area (Å²) in [6, 6.07) is 37.5. The fourth-order valence-corrected chi connectivity index (χ4v) is 6.33. The number of aromatic nitrogens is 1. The van der Waals surface area contributed by atoms with E-state index in [4.69, 9.17) is 0 Å². The van der Waals surface area contributed by atoms with Gasteiger partial charge in [0, 0.05) is 37.9 Å². The Bertz CT molecular complexity index is 1630. The first-order valence-corrected chi connectivity index (χ1v) is 11.7. The number of fused-ring (bicyclic) bond motifs is 6. The average molecular weight is 426 g/mol. The van der Waals surface area contributed by atoms with Crippen LogP contribution in [0.25, 0.3) is 42.6 Å². The van der Waals surface area contributed by atoms with Crippen molar-refractivity contribution < 1.29 is 0 Å². The Morgan fingerprint density at radius 2 is 1.41 bits per heavy atom. The third kappa shape index (κ3) is 2.60. The number of thiophene rings is 1. The Morgan fingerprint density at radius 3 is 2.34 bits per heavy atom. The average Bonchev–Trinajstić information content (AvgIpc) is 3.39. The van der Waals surface area contributed by atoms with Gasteiger partial charge in [0.15, 0.2) is 0 Å². The fourth-order valence-electron chi connectivity index (χ4n) is 5.18. The summed E-state index contributed by atoms with van der Waals surface area (Å²) < 4.78 is 2.71. The van der Waals surface area contributed by atoms with E-state index < -0.39 is 0 Å². The molecule has 0 aliphatic heterocycles. The Kier molecular flexibility index (Phi) is 3.84. The molecule has 0 N–H and O–H groups in total. The highest BCUT2D eigenvalue weighted by molar-refractivity contribution is 7.25. The van der Waals surface area contributed by atoms with Crippen LogP contribution in [0.3, 0.4) is 0 Å². The highest BCUT2D eigenvalue weighted by atomic mass is 32.1. The number of nitrogens with zero attached hydrogens (tertiary/aromatic N) is 1. The molecule has 0 amide bonds. The van der Waals surface area contributed by atoms with E-state index >= 15 is 0 Å². The molecule has 0 saturated heterocycles. The zero-order valence-corrected chi connectivity index (χ0v) is 18.1. The first-order chi connectivity index (χ1) is 15.9. The number of pyridine rings is 1. The van der Waals surface area contributed by atoms with Crippen molar-refractivity contribution in [3.05, 3.63) is 126 Å². The quantitative estimate of drug-likeness (QED) is 0.271. The lowest BCUT2D eigenvalue weighted by Crippen LogP contribution is -1.99. The molecular formula is C30H19NS. The SMILES string of the molecule is c1ccc(-c2ccc3c(c2)-c2ccccc2C3c2ccc3c(c2)sc2ccccc23)nc1. The van der Waals surface area contributed by atoms with Crippen molar-refractivity contribution in [1.29, 1.82) is 0 Å². The van der Waals surface area contributed by atoms with Gasteiger partial charge in [-0.2, -0.15) is 0 Å². The van der Waals surface area contributed by atoms with Gasteiger partial charge in [-0.25, -0.2) is 0 Å². The predicted octanol–water partition coefficient (Wildman–Crippen LogP) is 8.28. The van der Waals surface area contributed by atoms with E-state index in [0.29, 0.717) is 0 Å². The molecule has 0 bridgehead atoms. The van der Waals surface area contributed by atoms with Gasteiger partial charge >= 0.3 is 0 Å². The van der Waals surface area contributed by atoms with E-state index in [9.17, 15) is 0 Å². The lowest BCUT2D eigenvalue weighted by molar-refractivity contribution is 1.02. The Morgan fingerprint density at radius 1 is 0.594 bits per heavy atom. The molecule has 6 aromatic rings. The molecule has 1 atom stereocenters. The minimum absolute atomic E-state index is 0.258. The monoisotopic (exact) mass is 425 g/mol. The van der Waals surface area contributed by atoms with Gasteiger partial charge in [-0.05, 0) is 58.1 Å². The highest BCUT2D eigenvalue weighted by Crippen LogP contribution is 2.49. The van der Waals surface area contributed by atoms with Crippen molar-refractivity contribution in [3.63, 3.8) is 0 Å². The van der Waals surface area contributed by atoms with Gasteiger partial charge < -0.3 is 0 Å². The van der Waals surface area contributed by atoms with Gasteiger partial charge in [0.1, 0.15) is 0 Å². The fraction of sp³-hybridized carbons (Fsp3) is 0.0333. The van der Waals surface area contributed by atoms with Crippen molar-refractivity contribution in [1.82, 2.24) is 4.98 Å². The molecule has 32 heavy (non-hydrogen) atoms. The molecule has 7 rings (SSSR count). The number of hydrogen-bond donors (Lipinski definition) is 0. The minimum atomic E-state index is 0.258. The molecule has 150 valence electrons. The maximum absolute atomic E-state index is 4.56. The van der Waals surface area contributed by atoms with E-state index in [1.807, 2.05) is 29.7 Å². The summed E-state index contributed by atoms with van der Waals surface area (Å²) in [5.41, 5.74) is 8.97. The molecule has 0 radical (unpaired) electrons. The molecule has 4 aromatic carbocycles. The molecular weight excluding hydrogens is 406 g/mol. The van der Waals surface area contributed by atoms with Gasteiger partial charge in [-0.1, -0.05) is 72.8 Å². The molecule has 2 aromatic heterocycles. The molecule has 1 nitrogen and oxygen atoms in total. The summed E-state index contributed by atoms with van der Waals surface area (Å²) in [7, 11) is 0. The van der Waals surface area contributed by atoms with Crippen LogP contribution in [0, 0.1) is 0 Å². The second-order valence-corrected chi connectivity index (χ2v) is 9.47. The predicted molar refractivity (Wildman–Crippen MR) is 135 cm³/mol. The molecule has 2 heteroatoms. The van der Waals surface area contributed by atoms with Crippen LogP contribution in [-0.4, -0.2) is 4.98 Å². The van der Waals surface area contributed by atoms with Crippen molar-refractivity contribution in [2.75, 3.05) is 0 Å². The van der Waals surface area contributed by atoms with Gasteiger partial charge in [0.05, 0.1) is 5.69 Å². The molecule has 1 unspecified atom stereocenters.